The van der Waals surface area contributed by atoms with Crippen LogP contribution in [-0.4, -0.2) is 33.6 Å². The molecule has 2 N–H and O–H groups in total. The van der Waals surface area contributed by atoms with Crippen LogP contribution in [0.1, 0.15) is 27.2 Å². The van der Waals surface area contributed by atoms with E-state index < -0.39 is 0 Å². The van der Waals surface area contributed by atoms with Gasteiger partial charge in [-0.25, -0.2) is 0 Å². The van der Waals surface area contributed by atoms with Crippen LogP contribution in [0.15, 0.2) is 16.9 Å². The van der Waals surface area contributed by atoms with E-state index in [1.165, 1.54) is 0 Å². The van der Waals surface area contributed by atoms with E-state index in [0.717, 1.165) is 17.4 Å². The van der Waals surface area contributed by atoms with Crippen LogP contribution < -0.4 is 5.32 Å². The standard InChI is InChI=1S/C12H22BrN3O/c1-9(2)4-12(8-17)15-10(3)6-16-7-11(13)5-14-16/h5,7,9-10,12,15,17H,4,6,8H2,1-3H3. The van der Waals surface area contributed by atoms with Gasteiger partial charge < -0.3 is 10.4 Å². The second-order valence-electron chi connectivity index (χ2n) is 4.96. The average Bonchev–Trinajstić information content (AvgIpc) is 2.62. The highest BCUT2D eigenvalue weighted by atomic mass is 79.9. The first-order valence-electron chi connectivity index (χ1n) is 6.06. The number of aliphatic hydroxyl groups is 1. The summed E-state index contributed by atoms with van der Waals surface area (Å²) < 4.78 is 2.89. The molecule has 4 nitrogen and oxygen atoms in total. The largest absolute Gasteiger partial charge is 0.395 e. The van der Waals surface area contributed by atoms with E-state index in [0.29, 0.717) is 5.92 Å². The predicted octanol–water partition coefficient (Wildman–Crippen LogP) is 2.03. The van der Waals surface area contributed by atoms with E-state index in [1.807, 2.05) is 10.9 Å². The first kappa shape index (κ1) is 14.7. The molecule has 0 aliphatic rings. The quantitative estimate of drug-likeness (QED) is 0.810. The number of rotatable bonds is 7. The molecular formula is C12H22BrN3O. The van der Waals surface area contributed by atoms with Gasteiger partial charge in [0.15, 0.2) is 0 Å². The summed E-state index contributed by atoms with van der Waals surface area (Å²) in [5.41, 5.74) is 0. The molecule has 1 aromatic heterocycles. The Labute approximate surface area is 112 Å². The maximum atomic E-state index is 9.30. The second kappa shape index (κ2) is 7.13. The number of nitrogens with one attached hydrogen (secondary N) is 1. The van der Waals surface area contributed by atoms with Crippen LogP contribution in [0.2, 0.25) is 0 Å². The molecule has 0 aliphatic heterocycles. The summed E-state index contributed by atoms with van der Waals surface area (Å²) in [4.78, 5) is 0. The average molecular weight is 304 g/mol. The highest BCUT2D eigenvalue weighted by Gasteiger charge is 2.13. The van der Waals surface area contributed by atoms with Crippen LogP contribution >= 0.6 is 15.9 Å². The molecule has 0 saturated heterocycles. The Hall–Kier alpha value is -0.390. The molecule has 1 aromatic rings. The summed E-state index contributed by atoms with van der Waals surface area (Å²) in [7, 11) is 0. The molecule has 0 spiro atoms. The Kier molecular flexibility index (Phi) is 6.16. The summed E-state index contributed by atoms with van der Waals surface area (Å²) in [5, 5.41) is 16.9. The van der Waals surface area contributed by atoms with Gasteiger partial charge in [0.1, 0.15) is 0 Å². The van der Waals surface area contributed by atoms with Crippen LogP contribution in [0.4, 0.5) is 0 Å². The van der Waals surface area contributed by atoms with E-state index in [4.69, 9.17) is 0 Å². The Balaban J connectivity index is 2.39. The van der Waals surface area contributed by atoms with Crippen LogP contribution in [0.25, 0.3) is 0 Å². The lowest BCUT2D eigenvalue weighted by Gasteiger charge is -2.23. The Morgan fingerprint density at radius 2 is 2.18 bits per heavy atom. The van der Waals surface area contributed by atoms with Gasteiger partial charge in [0.2, 0.25) is 0 Å². The van der Waals surface area contributed by atoms with Crippen molar-refractivity contribution in [3.05, 3.63) is 16.9 Å². The van der Waals surface area contributed by atoms with Gasteiger partial charge >= 0.3 is 0 Å². The number of aliphatic hydroxyl groups excluding tert-OH is 1. The minimum Gasteiger partial charge on any atom is -0.395 e. The Bertz CT molecular complexity index is 327. The van der Waals surface area contributed by atoms with Gasteiger partial charge in [-0.1, -0.05) is 13.8 Å². The van der Waals surface area contributed by atoms with Crippen molar-refractivity contribution in [1.29, 1.82) is 0 Å². The third kappa shape index (κ3) is 5.66. The number of hydrogen-bond donors (Lipinski definition) is 2. The first-order chi connectivity index (χ1) is 8.01. The number of hydrogen-bond acceptors (Lipinski definition) is 3. The van der Waals surface area contributed by atoms with Crippen molar-refractivity contribution in [3.63, 3.8) is 0 Å². The summed E-state index contributed by atoms with van der Waals surface area (Å²) in [5.74, 6) is 0.589. The molecule has 1 rings (SSSR count). The van der Waals surface area contributed by atoms with Crippen molar-refractivity contribution in [2.75, 3.05) is 6.61 Å². The van der Waals surface area contributed by atoms with Crippen molar-refractivity contribution in [2.45, 2.75) is 45.8 Å². The molecular weight excluding hydrogens is 282 g/mol. The van der Waals surface area contributed by atoms with Crippen LogP contribution in [0.5, 0.6) is 0 Å². The van der Waals surface area contributed by atoms with Gasteiger partial charge in [0.25, 0.3) is 0 Å². The molecule has 17 heavy (non-hydrogen) atoms. The van der Waals surface area contributed by atoms with Crippen LogP contribution in [-0.2, 0) is 6.54 Å². The zero-order chi connectivity index (χ0) is 12.8. The van der Waals surface area contributed by atoms with Crippen molar-refractivity contribution < 1.29 is 5.11 Å². The number of nitrogens with zero attached hydrogens (tertiary/aromatic N) is 2. The van der Waals surface area contributed by atoms with Gasteiger partial charge in [0, 0.05) is 18.3 Å². The predicted molar refractivity (Wildman–Crippen MR) is 72.9 cm³/mol. The third-order valence-corrected chi connectivity index (χ3v) is 2.97. The SMILES string of the molecule is CC(C)CC(CO)NC(C)Cn1cc(Br)cn1. The molecule has 0 fully saturated rings. The Morgan fingerprint density at radius 1 is 1.47 bits per heavy atom. The molecule has 0 radical (unpaired) electrons. The fourth-order valence-electron chi connectivity index (χ4n) is 1.94. The Morgan fingerprint density at radius 3 is 2.65 bits per heavy atom. The molecule has 1 heterocycles. The minimum absolute atomic E-state index is 0.170. The van der Waals surface area contributed by atoms with E-state index in [1.54, 1.807) is 6.20 Å². The van der Waals surface area contributed by atoms with Gasteiger partial charge in [-0.05, 0) is 35.2 Å². The molecule has 2 unspecified atom stereocenters. The van der Waals surface area contributed by atoms with Gasteiger partial charge in [-0.3, -0.25) is 4.68 Å². The topological polar surface area (TPSA) is 50.1 Å². The maximum Gasteiger partial charge on any atom is 0.0632 e. The molecule has 98 valence electrons. The molecule has 2 atom stereocenters. The van der Waals surface area contributed by atoms with Crippen molar-refractivity contribution >= 4 is 15.9 Å². The van der Waals surface area contributed by atoms with E-state index in [2.05, 4.69) is 47.1 Å². The second-order valence-corrected chi connectivity index (χ2v) is 5.87. The van der Waals surface area contributed by atoms with E-state index in [9.17, 15) is 5.11 Å². The van der Waals surface area contributed by atoms with Crippen LogP contribution in [0, 0.1) is 5.92 Å². The fourth-order valence-corrected chi connectivity index (χ4v) is 2.27. The van der Waals surface area contributed by atoms with Gasteiger partial charge in [-0.2, -0.15) is 5.10 Å². The summed E-state index contributed by atoms with van der Waals surface area (Å²) in [6, 6.07) is 0.460. The normalized spacial score (nSPS) is 15.2. The summed E-state index contributed by atoms with van der Waals surface area (Å²) in [6.45, 7) is 7.43. The highest BCUT2D eigenvalue weighted by Crippen LogP contribution is 2.08. The third-order valence-electron chi connectivity index (χ3n) is 2.56. The lowest BCUT2D eigenvalue weighted by atomic mass is 10.0. The zero-order valence-electron chi connectivity index (χ0n) is 10.7. The molecule has 0 aromatic carbocycles. The molecule has 0 aliphatic carbocycles. The first-order valence-corrected chi connectivity index (χ1v) is 6.85. The van der Waals surface area contributed by atoms with Gasteiger partial charge in [0.05, 0.1) is 23.8 Å². The maximum absolute atomic E-state index is 9.30. The molecule has 0 bridgehead atoms. The molecule has 0 amide bonds. The van der Waals surface area contributed by atoms with Crippen molar-refractivity contribution in [2.24, 2.45) is 5.92 Å². The van der Waals surface area contributed by atoms with Crippen molar-refractivity contribution in [1.82, 2.24) is 15.1 Å². The minimum atomic E-state index is 0.170. The number of aromatic nitrogens is 2. The molecule has 5 heteroatoms. The van der Waals surface area contributed by atoms with Crippen molar-refractivity contribution in [3.8, 4) is 0 Å². The number of halogens is 1. The zero-order valence-corrected chi connectivity index (χ0v) is 12.3. The van der Waals surface area contributed by atoms with E-state index in [-0.39, 0.29) is 18.7 Å². The van der Waals surface area contributed by atoms with E-state index >= 15 is 0 Å². The monoisotopic (exact) mass is 303 g/mol. The lowest BCUT2D eigenvalue weighted by molar-refractivity contribution is 0.210. The smallest absolute Gasteiger partial charge is 0.0632 e. The molecule has 0 saturated carbocycles. The summed E-state index contributed by atoms with van der Waals surface area (Å²) >= 11 is 3.38. The highest BCUT2D eigenvalue weighted by molar-refractivity contribution is 9.10. The lowest BCUT2D eigenvalue weighted by Crippen LogP contribution is -2.41. The summed E-state index contributed by atoms with van der Waals surface area (Å²) in [6.07, 6.45) is 4.72. The van der Waals surface area contributed by atoms with Crippen LogP contribution in [0.3, 0.4) is 0 Å². The fraction of sp³-hybridized carbons (Fsp3) is 0.750. The van der Waals surface area contributed by atoms with Gasteiger partial charge in [-0.15, -0.1) is 0 Å².